The number of halogens is 2. The van der Waals surface area contributed by atoms with Crippen LogP contribution in [-0.2, 0) is 0 Å². The molecule has 0 aliphatic heterocycles. The zero-order valence-electron chi connectivity index (χ0n) is 9.86. The molecule has 0 unspecified atom stereocenters. The van der Waals surface area contributed by atoms with Crippen LogP contribution in [0.3, 0.4) is 0 Å². The third kappa shape index (κ3) is 2.62. The highest BCUT2D eigenvalue weighted by Gasteiger charge is 2.25. The summed E-state index contributed by atoms with van der Waals surface area (Å²) in [6.07, 6.45) is 0. The number of hydrogen-bond donors (Lipinski definition) is 2. The van der Waals surface area contributed by atoms with E-state index in [1.807, 2.05) is 0 Å². The van der Waals surface area contributed by atoms with E-state index in [0.717, 1.165) is 0 Å². The fourth-order valence-electron chi connectivity index (χ4n) is 1.71. The van der Waals surface area contributed by atoms with Crippen molar-refractivity contribution in [3.05, 3.63) is 63.6 Å². The minimum Gasteiger partial charge on any atom is -0.398 e. The van der Waals surface area contributed by atoms with Crippen molar-refractivity contribution in [2.45, 2.75) is 0 Å². The number of para-hydroxylation sites is 1. The maximum absolute atomic E-state index is 12.4. The molecule has 2 rings (SSSR count). The highest BCUT2D eigenvalue weighted by molar-refractivity contribution is 6.55. The molecule has 0 heterocycles. The Morgan fingerprint density at radius 1 is 1.00 bits per heavy atom. The second kappa shape index (κ2) is 5.43. The van der Waals surface area contributed by atoms with E-state index in [2.05, 4.69) is 0 Å². The van der Waals surface area contributed by atoms with Crippen molar-refractivity contribution in [1.82, 2.24) is 0 Å². The molecule has 0 aliphatic carbocycles. The number of Topliss-reactive ketones (excluding diaryl/α,β-unsaturated/α-hetero) is 1. The molecule has 0 atom stereocenters. The number of rotatable bonds is 3. The zero-order valence-corrected chi connectivity index (χ0v) is 11.4. The largest absolute Gasteiger partial charge is 0.398 e. The number of hydrogen-bond acceptors (Lipinski definition) is 2. The van der Waals surface area contributed by atoms with Crippen LogP contribution in [-0.4, -0.2) is 11.5 Å². The molecule has 19 heavy (non-hydrogen) atoms. The van der Waals surface area contributed by atoms with Gasteiger partial charge >= 0.3 is 0 Å². The number of nitrogens with two attached hydrogens (primary N) is 2. The third-order valence-electron chi connectivity index (χ3n) is 2.69. The van der Waals surface area contributed by atoms with Gasteiger partial charge in [0.25, 0.3) is 11.5 Å². The normalized spacial score (nSPS) is 10.2. The van der Waals surface area contributed by atoms with Gasteiger partial charge in [-0.1, -0.05) is 41.4 Å². The van der Waals surface area contributed by atoms with Gasteiger partial charge in [-0.25, -0.2) is 0 Å². The van der Waals surface area contributed by atoms with Gasteiger partial charge in [-0.3, -0.25) is 10.2 Å². The second-order valence-corrected chi connectivity index (χ2v) is 4.74. The number of anilines is 1. The summed E-state index contributed by atoms with van der Waals surface area (Å²) >= 11 is 12.0. The Labute approximate surface area is 120 Å². The van der Waals surface area contributed by atoms with Gasteiger partial charge in [0.05, 0.1) is 21.2 Å². The maximum atomic E-state index is 12.4. The number of ketones is 1. The van der Waals surface area contributed by atoms with Gasteiger partial charge in [-0.2, -0.15) is 0 Å². The molecular weight excluding hydrogens is 283 g/mol. The molecule has 3 nitrogen and oxygen atoms in total. The van der Waals surface area contributed by atoms with Crippen LogP contribution in [0, 0.1) is 0 Å². The quantitative estimate of drug-likeness (QED) is 0.516. The first-order valence-corrected chi connectivity index (χ1v) is 6.24. The van der Waals surface area contributed by atoms with Gasteiger partial charge in [-0.15, -0.1) is 0 Å². The van der Waals surface area contributed by atoms with Gasteiger partial charge < -0.3 is 5.73 Å². The lowest BCUT2D eigenvalue weighted by molar-refractivity contribution is -0.111. The summed E-state index contributed by atoms with van der Waals surface area (Å²) in [5, 5.41) is 6.40. The van der Waals surface area contributed by atoms with Crippen molar-refractivity contribution in [2.24, 2.45) is 0 Å². The van der Waals surface area contributed by atoms with Crippen LogP contribution in [0.1, 0.15) is 15.9 Å². The number of benzene rings is 2. The predicted octanol–water partition coefficient (Wildman–Crippen LogP) is 2.01. The fraction of sp³-hybridized carbons (Fsp3) is 0. The van der Waals surface area contributed by atoms with Crippen LogP contribution in [0.5, 0.6) is 0 Å². The van der Waals surface area contributed by atoms with Crippen LogP contribution >= 0.6 is 23.2 Å². The van der Waals surface area contributed by atoms with Crippen LogP contribution in [0.25, 0.3) is 0 Å². The van der Waals surface area contributed by atoms with Gasteiger partial charge in [0, 0.05) is 5.69 Å². The molecular formula is C14H11Cl2N2O+. The average Bonchev–Trinajstić information content (AvgIpc) is 2.38. The van der Waals surface area contributed by atoms with Gasteiger partial charge in [-0.05, 0) is 24.3 Å². The minimum atomic E-state index is -0.437. The molecule has 4 N–H and O–H groups in total. The van der Waals surface area contributed by atoms with Crippen LogP contribution in [0.4, 0.5) is 5.69 Å². The Kier molecular flexibility index (Phi) is 3.88. The summed E-state index contributed by atoms with van der Waals surface area (Å²) in [6, 6.07) is 11.7. The smallest absolute Gasteiger partial charge is 0.259 e. The van der Waals surface area contributed by atoms with Crippen molar-refractivity contribution >= 4 is 40.4 Å². The molecule has 2 aromatic carbocycles. The lowest BCUT2D eigenvalue weighted by Crippen LogP contribution is -2.46. The molecule has 0 amide bonds. The molecule has 0 aromatic heterocycles. The first kappa shape index (κ1) is 13.6. The second-order valence-electron chi connectivity index (χ2n) is 3.93. The van der Waals surface area contributed by atoms with Gasteiger partial charge in [0.2, 0.25) is 0 Å². The minimum absolute atomic E-state index is 0.0214. The van der Waals surface area contributed by atoms with Crippen LogP contribution in [0.15, 0.2) is 42.5 Å². The van der Waals surface area contributed by atoms with E-state index >= 15 is 0 Å². The summed E-state index contributed by atoms with van der Waals surface area (Å²) in [6.45, 7) is 0. The number of carbonyl (C=O) groups is 1. The van der Waals surface area contributed by atoms with E-state index in [1.165, 1.54) is 0 Å². The highest BCUT2D eigenvalue weighted by Crippen LogP contribution is 2.26. The molecule has 5 heteroatoms. The predicted molar refractivity (Wildman–Crippen MR) is 77.7 cm³/mol. The Hall–Kier alpha value is -1.84. The molecule has 0 bridgehead atoms. The molecule has 2 aromatic rings. The van der Waals surface area contributed by atoms with E-state index in [0.29, 0.717) is 11.3 Å². The summed E-state index contributed by atoms with van der Waals surface area (Å²) in [5.41, 5.74) is 6.91. The summed E-state index contributed by atoms with van der Waals surface area (Å²) in [5.74, 6) is -0.437. The third-order valence-corrected chi connectivity index (χ3v) is 3.32. The Morgan fingerprint density at radius 2 is 1.58 bits per heavy atom. The van der Waals surface area contributed by atoms with Gasteiger partial charge in [0.15, 0.2) is 0 Å². The zero-order chi connectivity index (χ0) is 14.0. The monoisotopic (exact) mass is 293 g/mol. The molecule has 0 saturated heterocycles. The Balaban J connectivity index is 2.46. The number of carbonyl (C=O) groups excluding carboxylic acids is 1. The lowest BCUT2D eigenvalue weighted by atomic mass is 9.99. The molecule has 96 valence electrons. The summed E-state index contributed by atoms with van der Waals surface area (Å²) < 4.78 is 0. The molecule has 0 spiro atoms. The van der Waals surface area contributed by atoms with Crippen molar-refractivity contribution < 1.29 is 10.2 Å². The first-order chi connectivity index (χ1) is 9.02. The molecule has 0 radical (unpaired) electrons. The van der Waals surface area contributed by atoms with Crippen LogP contribution in [0.2, 0.25) is 10.0 Å². The van der Waals surface area contributed by atoms with Gasteiger partial charge in [0.1, 0.15) is 0 Å². The maximum Gasteiger partial charge on any atom is 0.259 e. The highest BCUT2D eigenvalue weighted by atomic mass is 35.5. The summed E-state index contributed by atoms with van der Waals surface area (Å²) in [4.78, 5) is 12.4. The molecule has 0 saturated carbocycles. The Morgan fingerprint density at radius 3 is 2.16 bits per heavy atom. The average molecular weight is 294 g/mol. The molecule has 0 aliphatic rings. The number of nitrogen functional groups attached to an aromatic ring is 1. The van der Waals surface area contributed by atoms with Crippen molar-refractivity contribution in [3.8, 4) is 0 Å². The van der Waals surface area contributed by atoms with E-state index in [-0.39, 0.29) is 21.3 Å². The SMILES string of the molecule is Nc1ccccc1C(=[NH2+])C(=O)c1c(Cl)cccc1Cl. The van der Waals surface area contributed by atoms with Crippen molar-refractivity contribution in [2.75, 3.05) is 5.73 Å². The topological polar surface area (TPSA) is 68.7 Å². The summed E-state index contributed by atoms with van der Waals surface area (Å²) in [7, 11) is 0. The fourth-order valence-corrected chi connectivity index (χ4v) is 2.28. The van der Waals surface area contributed by atoms with Crippen LogP contribution < -0.4 is 11.1 Å². The first-order valence-electron chi connectivity index (χ1n) is 5.48. The molecule has 0 fully saturated rings. The van der Waals surface area contributed by atoms with E-state index in [1.54, 1.807) is 42.5 Å². The Bertz CT molecular complexity index is 648. The van der Waals surface area contributed by atoms with E-state index in [9.17, 15) is 4.79 Å². The van der Waals surface area contributed by atoms with E-state index < -0.39 is 5.78 Å². The lowest BCUT2D eigenvalue weighted by Gasteiger charge is -2.05. The standard InChI is InChI=1S/C14H10Cl2N2O/c15-9-5-3-6-10(16)12(9)14(19)13(18)8-4-1-2-7-11(8)17/h1-7,18H,17H2/p+1. The van der Waals surface area contributed by atoms with Crippen molar-refractivity contribution in [1.29, 1.82) is 0 Å². The van der Waals surface area contributed by atoms with E-state index in [4.69, 9.17) is 34.3 Å². The van der Waals surface area contributed by atoms with Crippen molar-refractivity contribution in [3.63, 3.8) is 0 Å².